The van der Waals surface area contributed by atoms with E-state index in [-0.39, 0.29) is 0 Å². The van der Waals surface area contributed by atoms with Crippen LogP contribution in [0, 0.1) is 0 Å². The Bertz CT molecular complexity index is 369. The first kappa shape index (κ1) is 11.6. The van der Waals surface area contributed by atoms with Crippen LogP contribution < -0.4 is 5.73 Å². The molecule has 2 rings (SSSR count). The lowest BCUT2D eigenvalue weighted by molar-refractivity contribution is 0.280. The van der Waals surface area contributed by atoms with Crippen molar-refractivity contribution in [2.45, 2.75) is 23.0 Å². The first-order valence-electron chi connectivity index (χ1n) is 5.61. The molecule has 1 heterocycles. The third-order valence-electron chi connectivity index (χ3n) is 3.08. The molecule has 88 valence electrons. The molecule has 1 aliphatic heterocycles. The second-order valence-electron chi connectivity index (χ2n) is 4.37. The fraction of sp³-hybridized carbons (Fsp3) is 0.500. The van der Waals surface area contributed by atoms with Gasteiger partial charge in [0.25, 0.3) is 0 Å². The molecule has 1 aromatic carbocycles. The number of likely N-dealkylation sites (tertiary alicyclic amines) is 1. The van der Waals surface area contributed by atoms with Gasteiger partial charge in [0.1, 0.15) is 0 Å². The van der Waals surface area contributed by atoms with E-state index in [4.69, 9.17) is 5.73 Å². The van der Waals surface area contributed by atoms with E-state index in [2.05, 4.69) is 11.9 Å². The molecule has 3 nitrogen and oxygen atoms in total. The predicted molar refractivity (Wildman–Crippen MR) is 67.8 cm³/mol. The highest BCUT2D eigenvalue weighted by Gasteiger charge is 2.22. The van der Waals surface area contributed by atoms with Crippen LogP contribution in [-0.4, -0.2) is 34.5 Å². The summed E-state index contributed by atoms with van der Waals surface area (Å²) in [6.45, 7) is 2.09. The number of anilines is 1. The molecule has 0 aliphatic carbocycles. The van der Waals surface area contributed by atoms with E-state index in [1.54, 1.807) is 0 Å². The van der Waals surface area contributed by atoms with Crippen LogP contribution in [0.15, 0.2) is 29.2 Å². The summed E-state index contributed by atoms with van der Waals surface area (Å²) in [7, 11) is 1.24. The van der Waals surface area contributed by atoms with Crippen LogP contribution in [0.2, 0.25) is 0 Å². The maximum atomic E-state index is 12.3. The zero-order valence-corrected chi connectivity index (χ0v) is 10.4. The van der Waals surface area contributed by atoms with Crippen molar-refractivity contribution in [2.24, 2.45) is 0 Å². The molecule has 0 spiro atoms. The molecule has 16 heavy (non-hydrogen) atoms. The predicted octanol–water partition coefficient (Wildman–Crippen LogP) is 1.47. The second-order valence-corrected chi connectivity index (χ2v) is 6.10. The van der Waals surface area contributed by atoms with E-state index >= 15 is 0 Å². The van der Waals surface area contributed by atoms with Crippen LogP contribution in [-0.2, 0) is 10.8 Å². The molecule has 2 N–H and O–H groups in total. The van der Waals surface area contributed by atoms with E-state index in [1.807, 2.05) is 24.3 Å². The number of piperidine rings is 1. The Labute approximate surface area is 99.1 Å². The van der Waals surface area contributed by atoms with Crippen molar-refractivity contribution in [1.82, 2.24) is 4.90 Å². The number of nitrogen functional groups attached to an aromatic ring is 1. The van der Waals surface area contributed by atoms with Gasteiger partial charge in [-0.05, 0) is 57.2 Å². The number of nitrogens with two attached hydrogens (primary N) is 1. The summed E-state index contributed by atoms with van der Waals surface area (Å²) in [6, 6.07) is 7.40. The second kappa shape index (κ2) is 4.97. The molecule has 1 aliphatic rings. The summed E-state index contributed by atoms with van der Waals surface area (Å²) < 4.78 is 12.3. The highest BCUT2D eigenvalue weighted by molar-refractivity contribution is 7.85. The normalized spacial score (nSPS) is 20.8. The van der Waals surface area contributed by atoms with Crippen LogP contribution in [0.5, 0.6) is 0 Å². The Morgan fingerprint density at radius 2 is 1.81 bits per heavy atom. The van der Waals surface area contributed by atoms with Gasteiger partial charge in [-0.25, -0.2) is 0 Å². The number of rotatable bonds is 2. The average Bonchev–Trinajstić information content (AvgIpc) is 2.30. The lowest BCUT2D eigenvalue weighted by atomic mass is 10.1. The zero-order chi connectivity index (χ0) is 11.5. The Morgan fingerprint density at radius 3 is 2.38 bits per heavy atom. The largest absolute Gasteiger partial charge is 0.399 e. The summed E-state index contributed by atoms with van der Waals surface area (Å²) in [5.74, 6) is 0. The Balaban J connectivity index is 2.05. The molecule has 1 unspecified atom stereocenters. The number of benzene rings is 1. The van der Waals surface area contributed by atoms with Crippen LogP contribution in [0.3, 0.4) is 0 Å². The molecule has 4 heteroatoms. The van der Waals surface area contributed by atoms with Crippen molar-refractivity contribution in [2.75, 3.05) is 25.9 Å². The monoisotopic (exact) mass is 238 g/mol. The van der Waals surface area contributed by atoms with E-state index in [0.717, 1.165) is 36.5 Å². The SMILES string of the molecule is CN1CCC(S(=O)c2ccc(N)cc2)CC1. The summed E-state index contributed by atoms with van der Waals surface area (Å²) in [4.78, 5) is 3.19. The van der Waals surface area contributed by atoms with Crippen LogP contribution in [0.25, 0.3) is 0 Å². The molecular weight excluding hydrogens is 220 g/mol. The van der Waals surface area contributed by atoms with Gasteiger partial charge >= 0.3 is 0 Å². The number of nitrogens with zero attached hydrogens (tertiary/aromatic N) is 1. The topological polar surface area (TPSA) is 46.3 Å². The Morgan fingerprint density at radius 1 is 1.25 bits per heavy atom. The summed E-state index contributed by atoms with van der Waals surface area (Å²) in [5, 5.41) is 0.305. The van der Waals surface area contributed by atoms with Gasteiger partial charge in [0.05, 0.1) is 10.8 Å². The molecule has 0 bridgehead atoms. The van der Waals surface area contributed by atoms with Crippen molar-refractivity contribution < 1.29 is 4.21 Å². The first-order valence-corrected chi connectivity index (χ1v) is 6.83. The first-order chi connectivity index (χ1) is 7.66. The van der Waals surface area contributed by atoms with Crippen LogP contribution in [0.1, 0.15) is 12.8 Å². The van der Waals surface area contributed by atoms with E-state index < -0.39 is 10.8 Å². The number of hydrogen-bond acceptors (Lipinski definition) is 3. The zero-order valence-electron chi connectivity index (χ0n) is 9.56. The lowest BCUT2D eigenvalue weighted by Gasteiger charge is -2.28. The van der Waals surface area contributed by atoms with Gasteiger partial charge in [0, 0.05) is 15.8 Å². The van der Waals surface area contributed by atoms with Gasteiger partial charge in [-0.1, -0.05) is 0 Å². The highest BCUT2D eigenvalue weighted by atomic mass is 32.2. The molecule has 1 atom stereocenters. The minimum atomic E-state index is -0.875. The minimum absolute atomic E-state index is 0.305. The molecular formula is C12H18N2OS. The van der Waals surface area contributed by atoms with Gasteiger partial charge in [-0.3, -0.25) is 4.21 Å². The highest BCUT2D eigenvalue weighted by Crippen LogP contribution is 2.21. The quantitative estimate of drug-likeness (QED) is 0.794. The van der Waals surface area contributed by atoms with Gasteiger partial charge in [-0.2, -0.15) is 0 Å². The van der Waals surface area contributed by atoms with Gasteiger partial charge < -0.3 is 10.6 Å². The smallest absolute Gasteiger partial charge is 0.0561 e. The van der Waals surface area contributed by atoms with Crippen molar-refractivity contribution in [3.05, 3.63) is 24.3 Å². The van der Waals surface area contributed by atoms with E-state index in [1.165, 1.54) is 0 Å². The third-order valence-corrected chi connectivity index (χ3v) is 4.89. The van der Waals surface area contributed by atoms with Gasteiger partial charge in [-0.15, -0.1) is 0 Å². The summed E-state index contributed by atoms with van der Waals surface area (Å²) in [5.41, 5.74) is 6.34. The fourth-order valence-electron chi connectivity index (χ4n) is 1.99. The Kier molecular flexibility index (Phi) is 3.61. The van der Waals surface area contributed by atoms with Crippen LogP contribution in [0.4, 0.5) is 5.69 Å². The average molecular weight is 238 g/mol. The minimum Gasteiger partial charge on any atom is -0.399 e. The number of hydrogen-bond donors (Lipinski definition) is 1. The maximum absolute atomic E-state index is 12.3. The van der Waals surface area contributed by atoms with Crippen molar-refractivity contribution >= 4 is 16.5 Å². The van der Waals surface area contributed by atoms with Crippen molar-refractivity contribution in [3.8, 4) is 0 Å². The molecule has 0 aromatic heterocycles. The fourth-order valence-corrected chi connectivity index (χ4v) is 3.42. The lowest BCUT2D eigenvalue weighted by Crippen LogP contribution is -2.34. The maximum Gasteiger partial charge on any atom is 0.0561 e. The van der Waals surface area contributed by atoms with E-state index in [9.17, 15) is 4.21 Å². The van der Waals surface area contributed by atoms with Crippen LogP contribution >= 0.6 is 0 Å². The Hall–Kier alpha value is -0.870. The standard InChI is InChI=1S/C12H18N2OS/c1-14-8-6-12(7-9-14)16(15)11-4-2-10(13)3-5-11/h2-5,12H,6-9,13H2,1H3. The third kappa shape index (κ3) is 2.62. The van der Waals surface area contributed by atoms with Gasteiger partial charge in [0.2, 0.25) is 0 Å². The van der Waals surface area contributed by atoms with Crippen molar-refractivity contribution in [1.29, 1.82) is 0 Å². The molecule has 1 aromatic rings. The van der Waals surface area contributed by atoms with E-state index in [0.29, 0.717) is 5.25 Å². The van der Waals surface area contributed by atoms with Gasteiger partial charge in [0.15, 0.2) is 0 Å². The molecule has 0 amide bonds. The molecule has 0 radical (unpaired) electrons. The summed E-state index contributed by atoms with van der Waals surface area (Å²) >= 11 is 0. The van der Waals surface area contributed by atoms with Crippen molar-refractivity contribution in [3.63, 3.8) is 0 Å². The summed E-state index contributed by atoms with van der Waals surface area (Å²) in [6.07, 6.45) is 2.04. The molecule has 1 saturated heterocycles. The molecule has 0 saturated carbocycles. The molecule has 1 fully saturated rings.